The summed E-state index contributed by atoms with van der Waals surface area (Å²) < 4.78 is 17.8. The number of carbonyl (C=O) groups excluding carboxylic acids is 1. The number of halogens is 1. The Morgan fingerprint density at radius 1 is 1.65 bits per heavy atom. The molecule has 0 aliphatic heterocycles. The molecule has 0 aromatic heterocycles. The standard InChI is InChI=1S/C10H11FN2O4/c1-17-10(14)9(12)4-6-2-3-7(13(15)16)5-8(6)11/h2-3,5,9H,4,12H2,1H3/t9-/m0/s1. The largest absolute Gasteiger partial charge is 0.468 e. The molecule has 1 aromatic rings. The highest BCUT2D eigenvalue weighted by Gasteiger charge is 2.18. The highest BCUT2D eigenvalue weighted by molar-refractivity contribution is 5.75. The van der Waals surface area contributed by atoms with Crippen LogP contribution in [0.2, 0.25) is 0 Å². The third kappa shape index (κ3) is 3.22. The molecule has 0 bridgehead atoms. The maximum absolute atomic E-state index is 13.4. The zero-order valence-electron chi connectivity index (χ0n) is 9.05. The minimum Gasteiger partial charge on any atom is -0.468 e. The monoisotopic (exact) mass is 242 g/mol. The summed E-state index contributed by atoms with van der Waals surface area (Å²) in [5.41, 5.74) is 5.24. The van der Waals surface area contributed by atoms with Crippen molar-refractivity contribution < 1.29 is 18.8 Å². The van der Waals surface area contributed by atoms with Crippen LogP contribution in [-0.2, 0) is 16.0 Å². The van der Waals surface area contributed by atoms with Crippen molar-refractivity contribution in [3.63, 3.8) is 0 Å². The molecule has 0 aliphatic carbocycles. The minimum atomic E-state index is -0.990. The molecule has 7 heteroatoms. The Balaban J connectivity index is 2.86. The quantitative estimate of drug-likeness (QED) is 0.478. The topological polar surface area (TPSA) is 95.5 Å². The summed E-state index contributed by atoms with van der Waals surface area (Å²) in [4.78, 5) is 20.7. The van der Waals surface area contributed by atoms with Gasteiger partial charge in [0.05, 0.1) is 18.1 Å². The van der Waals surface area contributed by atoms with E-state index in [0.717, 1.165) is 12.1 Å². The maximum Gasteiger partial charge on any atom is 0.322 e. The molecule has 1 rings (SSSR count). The van der Waals surface area contributed by atoms with Crippen molar-refractivity contribution in [2.75, 3.05) is 7.11 Å². The number of hydrogen-bond donors (Lipinski definition) is 1. The lowest BCUT2D eigenvalue weighted by Crippen LogP contribution is -2.33. The van der Waals surface area contributed by atoms with Gasteiger partial charge in [0.15, 0.2) is 0 Å². The number of hydrogen-bond acceptors (Lipinski definition) is 5. The fourth-order valence-electron chi connectivity index (χ4n) is 1.29. The van der Waals surface area contributed by atoms with Gasteiger partial charge in [-0.1, -0.05) is 0 Å². The van der Waals surface area contributed by atoms with Crippen molar-refractivity contribution in [2.24, 2.45) is 5.73 Å². The Kier molecular flexibility index (Phi) is 4.11. The molecule has 1 aromatic carbocycles. The fraction of sp³-hybridized carbons (Fsp3) is 0.300. The van der Waals surface area contributed by atoms with E-state index >= 15 is 0 Å². The van der Waals surface area contributed by atoms with Crippen LogP contribution in [0.25, 0.3) is 0 Å². The third-order valence-electron chi connectivity index (χ3n) is 2.19. The predicted molar refractivity (Wildman–Crippen MR) is 56.7 cm³/mol. The summed E-state index contributed by atoms with van der Waals surface area (Å²) in [5.74, 6) is -1.43. The minimum absolute atomic E-state index is 0.0729. The molecular formula is C10H11FN2O4. The first kappa shape index (κ1) is 13.0. The summed E-state index contributed by atoms with van der Waals surface area (Å²) in [7, 11) is 1.17. The van der Waals surface area contributed by atoms with Gasteiger partial charge in [0.1, 0.15) is 11.9 Å². The molecular weight excluding hydrogens is 231 g/mol. The first-order chi connectivity index (χ1) is 7.95. The van der Waals surface area contributed by atoms with Gasteiger partial charge in [0, 0.05) is 12.5 Å². The Morgan fingerprint density at radius 2 is 2.29 bits per heavy atom. The lowest BCUT2D eigenvalue weighted by Gasteiger charge is -2.09. The van der Waals surface area contributed by atoms with E-state index < -0.39 is 22.8 Å². The van der Waals surface area contributed by atoms with Crippen LogP contribution >= 0.6 is 0 Å². The van der Waals surface area contributed by atoms with Gasteiger partial charge in [0.25, 0.3) is 5.69 Å². The second kappa shape index (κ2) is 5.35. The second-order valence-electron chi connectivity index (χ2n) is 3.37. The van der Waals surface area contributed by atoms with E-state index in [2.05, 4.69) is 4.74 Å². The van der Waals surface area contributed by atoms with Crippen molar-refractivity contribution in [3.05, 3.63) is 39.7 Å². The number of nitro benzene ring substituents is 1. The summed E-state index contributed by atoms with van der Waals surface area (Å²) in [5, 5.41) is 10.4. The number of benzene rings is 1. The van der Waals surface area contributed by atoms with E-state index in [1.54, 1.807) is 0 Å². The Labute approximate surface area is 96.3 Å². The number of rotatable bonds is 4. The first-order valence-corrected chi connectivity index (χ1v) is 4.72. The first-order valence-electron chi connectivity index (χ1n) is 4.72. The smallest absolute Gasteiger partial charge is 0.322 e. The molecule has 0 radical (unpaired) electrons. The van der Waals surface area contributed by atoms with Crippen LogP contribution in [0.3, 0.4) is 0 Å². The molecule has 0 amide bonds. The Bertz CT molecular complexity index is 450. The lowest BCUT2D eigenvalue weighted by molar-refractivity contribution is -0.385. The van der Waals surface area contributed by atoms with E-state index in [-0.39, 0.29) is 17.7 Å². The lowest BCUT2D eigenvalue weighted by atomic mass is 10.1. The van der Waals surface area contributed by atoms with E-state index in [1.807, 2.05) is 0 Å². The molecule has 92 valence electrons. The van der Waals surface area contributed by atoms with Crippen LogP contribution in [-0.4, -0.2) is 24.0 Å². The van der Waals surface area contributed by atoms with Crippen LogP contribution in [0.4, 0.5) is 10.1 Å². The van der Waals surface area contributed by atoms with Crippen LogP contribution in [0.15, 0.2) is 18.2 Å². The summed E-state index contributed by atoms with van der Waals surface area (Å²) in [6.45, 7) is 0. The molecule has 6 nitrogen and oxygen atoms in total. The van der Waals surface area contributed by atoms with Crippen molar-refractivity contribution in [1.82, 2.24) is 0 Å². The number of ether oxygens (including phenoxy) is 1. The van der Waals surface area contributed by atoms with Crippen LogP contribution in [0.1, 0.15) is 5.56 Å². The third-order valence-corrected chi connectivity index (χ3v) is 2.19. The molecule has 0 heterocycles. The van der Waals surface area contributed by atoms with Gasteiger partial charge >= 0.3 is 5.97 Å². The van der Waals surface area contributed by atoms with Gasteiger partial charge in [-0.3, -0.25) is 14.9 Å². The second-order valence-corrected chi connectivity index (χ2v) is 3.37. The molecule has 2 N–H and O–H groups in total. The van der Waals surface area contributed by atoms with Crippen molar-refractivity contribution in [2.45, 2.75) is 12.5 Å². The van der Waals surface area contributed by atoms with Crippen LogP contribution in [0, 0.1) is 15.9 Å². The van der Waals surface area contributed by atoms with Crippen molar-refractivity contribution >= 4 is 11.7 Å². The molecule has 0 aliphatic rings. The number of nitrogens with two attached hydrogens (primary N) is 1. The molecule has 0 fully saturated rings. The molecule has 0 unspecified atom stereocenters. The van der Waals surface area contributed by atoms with E-state index in [9.17, 15) is 19.3 Å². The van der Waals surface area contributed by atoms with Crippen LogP contribution < -0.4 is 5.73 Å². The van der Waals surface area contributed by atoms with Gasteiger partial charge in [0.2, 0.25) is 0 Å². The number of carbonyl (C=O) groups is 1. The molecule has 0 saturated heterocycles. The predicted octanol–water partition coefficient (Wildman–Crippen LogP) is 0.777. The number of nitrogens with zero attached hydrogens (tertiary/aromatic N) is 1. The van der Waals surface area contributed by atoms with Gasteiger partial charge in [-0.25, -0.2) is 4.39 Å². The molecule has 1 atom stereocenters. The van der Waals surface area contributed by atoms with Gasteiger partial charge in [-0.15, -0.1) is 0 Å². The van der Waals surface area contributed by atoms with Crippen molar-refractivity contribution in [1.29, 1.82) is 0 Å². The van der Waals surface area contributed by atoms with E-state index in [0.29, 0.717) is 0 Å². The number of methoxy groups -OCH3 is 1. The molecule has 0 saturated carbocycles. The highest BCUT2D eigenvalue weighted by atomic mass is 19.1. The maximum atomic E-state index is 13.4. The van der Waals surface area contributed by atoms with E-state index in [4.69, 9.17) is 5.73 Å². The Morgan fingerprint density at radius 3 is 2.76 bits per heavy atom. The zero-order valence-corrected chi connectivity index (χ0v) is 9.05. The van der Waals surface area contributed by atoms with Crippen LogP contribution in [0.5, 0.6) is 0 Å². The average molecular weight is 242 g/mol. The fourth-order valence-corrected chi connectivity index (χ4v) is 1.29. The van der Waals surface area contributed by atoms with Gasteiger partial charge in [-0.05, 0) is 11.6 Å². The SMILES string of the molecule is COC(=O)[C@@H](N)Cc1ccc([N+](=O)[O-])cc1F. The number of esters is 1. The normalized spacial score (nSPS) is 11.9. The summed E-state index contributed by atoms with van der Waals surface area (Å²) >= 11 is 0. The van der Waals surface area contributed by atoms with Gasteiger partial charge in [-0.2, -0.15) is 0 Å². The number of nitro groups is 1. The van der Waals surface area contributed by atoms with Crippen molar-refractivity contribution in [3.8, 4) is 0 Å². The summed E-state index contributed by atoms with van der Waals surface area (Å²) in [6, 6.07) is 2.19. The van der Waals surface area contributed by atoms with Gasteiger partial charge < -0.3 is 10.5 Å². The number of non-ortho nitro benzene ring substituents is 1. The average Bonchev–Trinajstić information content (AvgIpc) is 2.30. The Hall–Kier alpha value is -2.02. The highest BCUT2D eigenvalue weighted by Crippen LogP contribution is 2.17. The molecule has 0 spiro atoms. The summed E-state index contributed by atoms with van der Waals surface area (Å²) in [6.07, 6.45) is -0.0729. The molecule has 17 heavy (non-hydrogen) atoms. The zero-order chi connectivity index (χ0) is 13.0. The van der Waals surface area contributed by atoms with E-state index in [1.165, 1.54) is 13.2 Å².